The van der Waals surface area contributed by atoms with Crippen molar-refractivity contribution in [2.24, 2.45) is 0 Å². The number of amides is 1. The summed E-state index contributed by atoms with van der Waals surface area (Å²) < 4.78 is 11.1. The lowest BCUT2D eigenvalue weighted by molar-refractivity contribution is -0.133. The highest BCUT2D eigenvalue weighted by Crippen LogP contribution is 2.40. The Kier molecular flexibility index (Phi) is 4.53. The Morgan fingerprint density at radius 3 is 2.56 bits per heavy atom. The van der Waals surface area contributed by atoms with E-state index in [4.69, 9.17) is 9.47 Å². The number of ketones is 1. The molecule has 1 amide bonds. The van der Waals surface area contributed by atoms with Gasteiger partial charge in [-0.1, -0.05) is 22.0 Å². The number of halogens is 1. The number of ether oxygens (including phenoxy) is 2. The normalized spacial score (nSPS) is 18.5. The molecular weight excluding hydrogens is 390 g/mol. The quantitative estimate of drug-likeness (QED) is 0.747. The summed E-state index contributed by atoms with van der Waals surface area (Å²) in [5.74, 6) is -0.101. The van der Waals surface area contributed by atoms with Crippen molar-refractivity contribution in [2.75, 3.05) is 19.5 Å². The largest absolute Gasteiger partial charge is 0.493 e. The second-order valence-corrected chi connectivity index (χ2v) is 6.59. The summed E-state index contributed by atoms with van der Waals surface area (Å²) in [6.07, 6.45) is -0.372. The van der Waals surface area contributed by atoms with Crippen LogP contribution in [0.4, 0.5) is 5.69 Å². The Hall–Kier alpha value is -2.38. The molecule has 6 nitrogen and oxygen atoms in total. The fraction of sp³-hybridized carbons (Fsp3) is 0.222. The Labute approximate surface area is 152 Å². The number of Topliss-reactive ketones (excluding diaryl/α,β-unsaturated/α-hetero) is 1. The van der Waals surface area contributed by atoms with E-state index in [1.807, 2.05) is 0 Å². The average Bonchev–Trinajstić information content (AvgIpc) is 2.83. The number of aliphatic hydroxyl groups is 1. The van der Waals surface area contributed by atoms with Crippen molar-refractivity contribution in [3.8, 4) is 11.5 Å². The summed E-state index contributed by atoms with van der Waals surface area (Å²) in [7, 11) is 2.97. The zero-order valence-corrected chi connectivity index (χ0v) is 15.2. The monoisotopic (exact) mass is 405 g/mol. The Balaban J connectivity index is 1.92. The second-order valence-electron chi connectivity index (χ2n) is 5.67. The van der Waals surface area contributed by atoms with Crippen LogP contribution in [0.15, 0.2) is 40.9 Å². The fourth-order valence-electron chi connectivity index (χ4n) is 2.85. The van der Waals surface area contributed by atoms with Gasteiger partial charge in [0, 0.05) is 21.3 Å². The molecule has 1 aliphatic heterocycles. The Morgan fingerprint density at radius 1 is 1.16 bits per heavy atom. The molecule has 130 valence electrons. The summed E-state index contributed by atoms with van der Waals surface area (Å²) in [6, 6.07) is 9.73. The molecule has 7 heteroatoms. The molecule has 0 spiro atoms. The fourth-order valence-corrected chi connectivity index (χ4v) is 3.21. The summed E-state index contributed by atoms with van der Waals surface area (Å²) >= 11 is 3.31. The number of carbonyl (C=O) groups is 2. The molecule has 0 aliphatic carbocycles. The molecule has 2 aromatic rings. The predicted octanol–water partition coefficient (Wildman–Crippen LogP) is 2.88. The van der Waals surface area contributed by atoms with Crippen molar-refractivity contribution in [1.29, 1.82) is 0 Å². The maximum absolute atomic E-state index is 12.7. The van der Waals surface area contributed by atoms with Gasteiger partial charge in [-0.25, -0.2) is 0 Å². The number of hydrogen-bond donors (Lipinski definition) is 2. The van der Waals surface area contributed by atoms with Crippen LogP contribution >= 0.6 is 15.9 Å². The molecule has 1 heterocycles. The molecule has 3 rings (SSSR count). The number of methoxy groups -OCH3 is 2. The van der Waals surface area contributed by atoms with Gasteiger partial charge in [0.2, 0.25) is 0 Å². The summed E-state index contributed by atoms with van der Waals surface area (Å²) in [5.41, 5.74) is -0.707. The van der Waals surface area contributed by atoms with Gasteiger partial charge in [0.1, 0.15) is 0 Å². The van der Waals surface area contributed by atoms with Gasteiger partial charge in [-0.05, 0) is 30.3 Å². The highest BCUT2D eigenvalue weighted by molar-refractivity contribution is 9.10. The van der Waals surface area contributed by atoms with E-state index in [1.54, 1.807) is 30.3 Å². The van der Waals surface area contributed by atoms with Gasteiger partial charge in [0.05, 0.1) is 20.6 Å². The maximum Gasteiger partial charge on any atom is 0.261 e. The van der Waals surface area contributed by atoms with E-state index in [0.29, 0.717) is 28.3 Å². The first kappa shape index (κ1) is 17.4. The smallest absolute Gasteiger partial charge is 0.261 e. The lowest BCUT2D eigenvalue weighted by atomic mass is 9.88. The standard InChI is InChI=1S/C18H16BrNO5/c1-24-15-6-3-10(7-16(15)25-2)14(21)9-18(23)12-5-4-11(19)8-13(12)20-17(18)22/h3-8,23H,9H2,1-2H3,(H,20,22)/t18-/m1/s1. The molecule has 0 unspecified atom stereocenters. The Bertz CT molecular complexity index is 867. The van der Waals surface area contributed by atoms with E-state index < -0.39 is 11.5 Å². The third kappa shape index (κ3) is 3.01. The number of fused-ring (bicyclic) bond motifs is 1. The summed E-state index contributed by atoms with van der Waals surface area (Å²) in [6.45, 7) is 0. The van der Waals surface area contributed by atoms with E-state index in [2.05, 4.69) is 21.2 Å². The van der Waals surface area contributed by atoms with Gasteiger partial charge < -0.3 is 19.9 Å². The SMILES string of the molecule is COc1ccc(C(=O)C[C@]2(O)C(=O)Nc3cc(Br)ccc32)cc1OC. The molecule has 1 aliphatic rings. The van der Waals surface area contributed by atoms with Gasteiger partial charge in [0.15, 0.2) is 22.9 Å². The lowest BCUT2D eigenvalue weighted by Gasteiger charge is -2.20. The summed E-state index contributed by atoms with van der Waals surface area (Å²) in [4.78, 5) is 24.9. The number of benzene rings is 2. The predicted molar refractivity (Wildman–Crippen MR) is 95.2 cm³/mol. The molecule has 2 N–H and O–H groups in total. The van der Waals surface area contributed by atoms with Crippen LogP contribution in [0.5, 0.6) is 11.5 Å². The minimum atomic E-state index is -1.90. The highest BCUT2D eigenvalue weighted by Gasteiger charge is 2.46. The first-order valence-electron chi connectivity index (χ1n) is 7.48. The van der Waals surface area contributed by atoms with E-state index in [9.17, 15) is 14.7 Å². The van der Waals surface area contributed by atoms with Crippen LogP contribution in [0.3, 0.4) is 0 Å². The van der Waals surface area contributed by atoms with Crippen molar-refractivity contribution >= 4 is 33.3 Å². The molecular formula is C18H16BrNO5. The van der Waals surface area contributed by atoms with E-state index >= 15 is 0 Å². The van der Waals surface area contributed by atoms with Crippen LogP contribution in [-0.2, 0) is 10.4 Å². The van der Waals surface area contributed by atoms with E-state index in [0.717, 1.165) is 4.47 Å². The van der Waals surface area contributed by atoms with Crippen LogP contribution in [0.25, 0.3) is 0 Å². The number of carbonyl (C=O) groups excluding carboxylic acids is 2. The first-order chi connectivity index (χ1) is 11.9. The third-order valence-corrected chi connectivity index (χ3v) is 4.67. The molecule has 0 radical (unpaired) electrons. The Morgan fingerprint density at radius 2 is 1.88 bits per heavy atom. The van der Waals surface area contributed by atoms with Crippen molar-refractivity contribution < 1.29 is 24.2 Å². The van der Waals surface area contributed by atoms with Gasteiger partial charge in [-0.15, -0.1) is 0 Å². The van der Waals surface area contributed by atoms with Crippen LogP contribution in [-0.4, -0.2) is 31.0 Å². The topological polar surface area (TPSA) is 84.9 Å². The summed E-state index contributed by atoms with van der Waals surface area (Å²) in [5, 5.41) is 13.5. The van der Waals surface area contributed by atoms with Crippen LogP contribution in [0, 0.1) is 0 Å². The molecule has 0 saturated carbocycles. The highest BCUT2D eigenvalue weighted by atomic mass is 79.9. The molecule has 0 aromatic heterocycles. The number of anilines is 1. The average molecular weight is 406 g/mol. The molecule has 0 bridgehead atoms. The lowest BCUT2D eigenvalue weighted by Crippen LogP contribution is -2.36. The molecule has 2 aromatic carbocycles. The minimum absolute atomic E-state index is 0.324. The van der Waals surface area contributed by atoms with Crippen molar-refractivity contribution in [3.05, 3.63) is 52.0 Å². The van der Waals surface area contributed by atoms with E-state index in [-0.39, 0.29) is 12.2 Å². The number of rotatable bonds is 5. The molecule has 0 saturated heterocycles. The first-order valence-corrected chi connectivity index (χ1v) is 8.27. The number of hydrogen-bond acceptors (Lipinski definition) is 5. The van der Waals surface area contributed by atoms with Crippen LogP contribution in [0.1, 0.15) is 22.3 Å². The minimum Gasteiger partial charge on any atom is -0.493 e. The van der Waals surface area contributed by atoms with Gasteiger partial charge in [0.25, 0.3) is 5.91 Å². The van der Waals surface area contributed by atoms with Crippen molar-refractivity contribution in [1.82, 2.24) is 0 Å². The van der Waals surface area contributed by atoms with Gasteiger partial charge >= 0.3 is 0 Å². The zero-order valence-electron chi connectivity index (χ0n) is 13.6. The zero-order chi connectivity index (χ0) is 18.2. The third-order valence-electron chi connectivity index (χ3n) is 4.17. The van der Waals surface area contributed by atoms with Crippen molar-refractivity contribution in [2.45, 2.75) is 12.0 Å². The van der Waals surface area contributed by atoms with Crippen LogP contribution in [0.2, 0.25) is 0 Å². The number of nitrogens with one attached hydrogen (secondary N) is 1. The maximum atomic E-state index is 12.7. The second kappa shape index (κ2) is 6.50. The van der Waals surface area contributed by atoms with E-state index in [1.165, 1.54) is 20.3 Å². The van der Waals surface area contributed by atoms with Crippen molar-refractivity contribution in [3.63, 3.8) is 0 Å². The van der Waals surface area contributed by atoms with Gasteiger partial charge in [-0.3, -0.25) is 9.59 Å². The van der Waals surface area contributed by atoms with Crippen LogP contribution < -0.4 is 14.8 Å². The molecule has 1 atom stereocenters. The molecule has 0 fully saturated rings. The van der Waals surface area contributed by atoms with Gasteiger partial charge in [-0.2, -0.15) is 0 Å². The molecule has 25 heavy (non-hydrogen) atoms.